The number of carbonyl (C=O) groups is 1. The lowest BCUT2D eigenvalue weighted by Gasteiger charge is -2.07. The van der Waals surface area contributed by atoms with Crippen LogP contribution in [0.1, 0.15) is 15.2 Å². The summed E-state index contributed by atoms with van der Waals surface area (Å²) in [7, 11) is 0. The SMILES string of the molecule is Cc1c(C(=O)NCCn2ccc3cc(Br)ccc32)sc2nc[nH]c(=O)c12. The number of halogens is 1. The summed E-state index contributed by atoms with van der Waals surface area (Å²) in [6.45, 7) is 2.94. The third kappa shape index (κ3) is 2.95. The highest BCUT2D eigenvalue weighted by Crippen LogP contribution is 2.26. The van der Waals surface area contributed by atoms with Crippen molar-refractivity contribution in [2.24, 2.45) is 0 Å². The minimum Gasteiger partial charge on any atom is -0.350 e. The van der Waals surface area contributed by atoms with Crippen LogP contribution < -0.4 is 10.9 Å². The summed E-state index contributed by atoms with van der Waals surface area (Å²) >= 11 is 4.71. The number of thiophene rings is 1. The highest BCUT2D eigenvalue weighted by molar-refractivity contribution is 9.10. The molecule has 1 amide bonds. The van der Waals surface area contributed by atoms with Gasteiger partial charge < -0.3 is 14.9 Å². The van der Waals surface area contributed by atoms with Gasteiger partial charge in [0.05, 0.1) is 16.6 Å². The molecule has 0 unspecified atom stereocenters. The average molecular weight is 431 g/mol. The van der Waals surface area contributed by atoms with Gasteiger partial charge in [-0.05, 0) is 36.8 Å². The number of amides is 1. The van der Waals surface area contributed by atoms with E-state index in [-0.39, 0.29) is 11.5 Å². The van der Waals surface area contributed by atoms with E-state index >= 15 is 0 Å². The van der Waals surface area contributed by atoms with E-state index in [1.807, 2.05) is 12.3 Å². The second-order valence-electron chi connectivity index (χ2n) is 5.94. The Hall–Kier alpha value is -2.45. The lowest BCUT2D eigenvalue weighted by molar-refractivity contribution is 0.0956. The smallest absolute Gasteiger partial charge is 0.261 e. The van der Waals surface area contributed by atoms with Gasteiger partial charge in [0.25, 0.3) is 11.5 Å². The van der Waals surface area contributed by atoms with Crippen LogP contribution in [0.2, 0.25) is 0 Å². The summed E-state index contributed by atoms with van der Waals surface area (Å²) < 4.78 is 3.14. The summed E-state index contributed by atoms with van der Waals surface area (Å²) in [5.41, 5.74) is 1.58. The fourth-order valence-corrected chi connectivity index (χ4v) is 4.48. The Kier molecular flexibility index (Phi) is 4.37. The number of hydrogen-bond donors (Lipinski definition) is 2. The molecule has 6 nitrogen and oxygen atoms in total. The molecule has 26 heavy (non-hydrogen) atoms. The van der Waals surface area contributed by atoms with E-state index in [0.717, 1.165) is 15.4 Å². The van der Waals surface area contributed by atoms with Crippen LogP contribution in [0.15, 0.2) is 46.1 Å². The maximum absolute atomic E-state index is 12.5. The monoisotopic (exact) mass is 430 g/mol. The average Bonchev–Trinajstić information content (AvgIpc) is 3.16. The van der Waals surface area contributed by atoms with Crippen molar-refractivity contribution in [1.82, 2.24) is 19.9 Å². The van der Waals surface area contributed by atoms with Crippen molar-refractivity contribution >= 4 is 54.3 Å². The van der Waals surface area contributed by atoms with E-state index < -0.39 is 0 Å². The van der Waals surface area contributed by atoms with E-state index in [9.17, 15) is 9.59 Å². The predicted octanol–water partition coefficient (Wildman–Crippen LogP) is 3.44. The number of hydrogen-bond acceptors (Lipinski definition) is 4. The van der Waals surface area contributed by atoms with Crippen LogP contribution in [-0.4, -0.2) is 27.0 Å². The topological polar surface area (TPSA) is 79.8 Å². The van der Waals surface area contributed by atoms with Crippen molar-refractivity contribution in [2.45, 2.75) is 13.5 Å². The molecule has 0 atom stereocenters. The van der Waals surface area contributed by atoms with E-state index in [2.05, 4.69) is 54.0 Å². The highest BCUT2D eigenvalue weighted by atomic mass is 79.9. The highest BCUT2D eigenvalue weighted by Gasteiger charge is 2.17. The van der Waals surface area contributed by atoms with Gasteiger partial charge in [-0.2, -0.15) is 0 Å². The van der Waals surface area contributed by atoms with Crippen molar-refractivity contribution < 1.29 is 4.79 Å². The van der Waals surface area contributed by atoms with Gasteiger partial charge in [0.15, 0.2) is 0 Å². The molecule has 4 aromatic rings. The molecule has 0 aliphatic carbocycles. The zero-order valence-corrected chi connectivity index (χ0v) is 16.3. The first-order chi connectivity index (χ1) is 12.5. The molecule has 0 aliphatic heterocycles. The number of nitrogens with zero attached hydrogens (tertiary/aromatic N) is 2. The second-order valence-corrected chi connectivity index (χ2v) is 7.85. The largest absolute Gasteiger partial charge is 0.350 e. The van der Waals surface area contributed by atoms with Crippen LogP contribution in [0.5, 0.6) is 0 Å². The first-order valence-corrected chi connectivity index (χ1v) is 9.65. The maximum atomic E-state index is 12.5. The van der Waals surface area contributed by atoms with Gasteiger partial charge in [-0.1, -0.05) is 15.9 Å². The molecular weight excluding hydrogens is 416 g/mol. The van der Waals surface area contributed by atoms with Crippen LogP contribution in [-0.2, 0) is 6.54 Å². The van der Waals surface area contributed by atoms with Crippen LogP contribution >= 0.6 is 27.3 Å². The molecule has 0 spiro atoms. The Morgan fingerprint density at radius 3 is 3.04 bits per heavy atom. The first-order valence-electron chi connectivity index (χ1n) is 8.04. The Bertz CT molecular complexity index is 1190. The zero-order valence-electron chi connectivity index (χ0n) is 13.9. The normalized spacial score (nSPS) is 11.3. The van der Waals surface area contributed by atoms with Crippen molar-refractivity contribution in [1.29, 1.82) is 0 Å². The van der Waals surface area contributed by atoms with Crippen molar-refractivity contribution in [2.75, 3.05) is 6.54 Å². The molecule has 132 valence electrons. The standard InChI is InChI=1S/C18H15BrN4O2S/c1-10-14-16(24)21-9-22-18(14)26-15(10)17(25)20-5-7-23-6-4-11-8-12(19)2-3-13(11)23/h2-4,6,8-9H,5,7H2,1H3,(H,20,25)(H,21,22,24). The molecule has 0 aliphatic rings. The van der Waals surface area contributed by atoms with E-state index in [1.54, 1.807) is 6.92 Å². The molecule has 0 bridgehead atoms. The lowest BCUT2D eigenvalue weighted by atomic mass is 10.2. The number of aromatic amines is 1. The summed E-state index contributed by atoms with van der Waals surface area (Å²) in [6.07, 6.45) is 3.37. The van der Waals surface area contributed by atoms with Crippen LogP contribution in [0.3, 0.4) is 0 Å². The first kappa shape index (κ1) is 17.0. The van der Waals surface area contributed by atoms with Gasteiger partial charge >= 0.3 is 0 Å². The van der Waals surface area contributed by atoms with Crippen LogP contribution in [0.25, 0.3) is 21.1 Å². The summed E-state index contributed by atoms with van der Waals surface area (Å²) in [5, 5.41) is 4.58. The van der Waals surface area contributed by atoms with E-state index in [0.29, 0.717) is 33.7 Å². The van der Waals surface area contributed by atoms with Crippen molar-refractivity contribution in [3.8, 4) is 0 Å². The number of benzene rings is 1. The Labute approximate surface area is 161 Å². The number of nitrogens with one attached hydrogen (secondary N) is 2. The fraction of sp³-hybridized carbons (Fsp3) is 0.167. The molecule has 1 aromatic carbocycles. The minimum absolute atomic E-state index is 0.177. The summed E-state index contributed by atoms with van der Waals surface area (Å²) in [6, 6.07) is 8.17. The van der Waals surface area contributed by atoms with Gasteiger partial charge in [0.1, 0.15) is 4.83 Å². The van der Waals surface area contributed by atoms with Gasteiger partial charge in [0.2, 0.25) is 0 Å². The van der Waals surface area contributed by atoms with Crippen molar-refractivity contribution in [3.05, 3.63) is 62.1 Å². The fourth-order valence-electron chi connectivity index (χ4n) is 3.03. The minimum atomic E-state index is -0.215. The molecule has 0 fully saturated rings. The third-order valence-corrected chi connectivity index (χ3v) is 6.00. The quantitative estimate of drug-likeness (QED) is 0.520. The van der Waals surface area contributed by atoms with E-state index in [4.69, 9.17) is 0 Å². The molecule has 4 rings (SSSR count). The predicted molar refractivity (Wildman–Crippen MR) is 107 cm³/mol. The summed E-state index contributed by atoms with van der Waals surface area (Å²) in [4.78, 5) is 32.3. The molecule has 0 saturated heterocycles. The van der Waals surface area contributed by atoms with Crippen molar-refractivity contribution in [3.63, 3.8) is 0 Å². The second kappa shape index (κ2) is 6.69. The molecule has 3 heterocycles. The number of carbonyl (C=O) groups excluding carboxylic acids is 1. The lowest BCUT2D eigenvalue weighted by Crippen LogP contribution is -2.26. The third-order valence-electron chi connectivity index (χ3n) is 4.31. The molecule has 0 radical (unpaired) electrons. The molecule has 0 saturated carbocycles. The molecular formula is C18H15BrN4O2S. The number of fused-ring (bicyclic) bond motifs is 2. The number of H-pyrrole nitrogens is 1. The molecule has 3 aromatic heterocycles. The van der Waals surface area contributed by atoms with Gasteiger partial charge in [-0.3, -0.25) is 9.59 Å². The Morgan fingerprint density at radius 2 is 2.23 bits per heavy atom. The Morgan fingerprint density at radius 1 is 1.38 bits per heavy atom. The molecule has 2 N–H and O–H groups in total. The van der Waals surface area contributed by atoms with Crippen LogP contribution in [0.4, 0.5) is 0 Å². The number of aromatic nitrogens is 3. The molecule has 8 heteroatoms. The van der Waals surface area contributed by atoms with E-state index in [1.165, 1.54) is 17.7 Å². The van der Waals surface area contributed by atoms with Gasteiger partial charge in [-0.15, -0.1) is 11.3 Å². The summed E-state index contributed by atoms with van der Waals surface area (Å²) in [5.74, 6) is -0.177. The Balaban J connectivity index is 1.50. The maximum Gasteiger partial charge on any atom is 0.261 e. The number of aryl methyl sites for hydroxylation is 1. The van der Waals surface area contributed by atoms with Crippen LogP contribution in [0, 0.1) is 6.92 Å². The zero-order chi connectivity index (χ0) is 18.3. The van der Waals surface area contributed by atoms with Gasteiger partial charge in [0, 0.05) is 34.7 Å². The van der Waals surface area contributed by atoms with Gasteiger partial charge in [-0.25, -0.2) is 4.98 Å². The number of rotatable bonds is 4.